The van der Waals surface area contributed by atoms with Crippen molar-refractivity contribution in [1.29, 1.82) is 0 Å². The predicted octanol–water partition coefficient (Wildman–Crippen LogP) is 0.903. The van der Waals surface area contributed by atoms with Crippen molar-refractivity contribution in [1.82, 2.24) is 5.32 Å². The van der Waals surface area contributed by atoms with E-state index in [9.17, 15) is 5.11 Å². The van der Waals surface area contributed by atoms with Crippen molar-refractivity contribution >= 4 is 0 Å². The van der Waals surface area contributed by atoms with E-state index in [2.05, 4.69) is 17.2 Å². The number of aliphatic hydroxyl groups is 1. The van der Waals surface area contributed by atoms with E-state index in [1.54, 1.807) is 0 Å². The van der Waals surface area contributed by atoms with Gasteiger partial charge in [0.25, 0.3) is 0 Å². The first-order chi connectivity index (χ1) is 5.84. The average molecular weight is 167 g/mol. The third-order valence-electron chi connectivity index (χ3n) is 2.36. The van der Waals surface area contributed by atoms with E-state index in [0.717, 1.165) is 12.8 Å². The Labute approximate surface area is 74.4 Å². The minimum Gasteiger partial charge on any atom is -0.392 e. The first-order valence-electron chi connectivity index (χ1n) is 4.65. The van der Waals surface area contributed by atoms with Crippen LogP contribution in [0.2, 0.25) is 0 Å². The van der Waals surface area contributed by atoms with Gasteiger partial charge in [0.1, 0.15) is 0 Å². The number of aliphatic hydroxyl groups excluding tert-OH is 1. The van der Waals surface area contributed by atoms with E-state index in [-0.39, 0.29) is 12.1 Å². The lowest BCUT2D eigenvalue weighted by Gasteiger charge is -2.27. The highest BCUT2D eigenvalue weighted by atomic mass is 16.3. The van der Waals surface area contributed by atoms with Crippen LogP contribution in [0.5, 0.6) is 0 Å². The minimum atomic E-state index is -0.155. The molecule has 2 heteroatoms. The normalized spacial score (nSPS) is 29.2. The van der Waals surface area contributed by atoms with E-state index in [0.29, 0.717) is 6.54 Å². The molecule has 1 aliphatic rings. The predicted molar refractivity (Wildman–Crippen MR) is 49.7 cm³/mol. The molecule has 0 aromatic carbocycles. The van der Waals surface area contributed by atoms with E-state index < -0.39 is 0 Å². The van der Waals surface area contributed by atoms with Crippen LogP contribution in [-0.4, -0.2) is 23.8 Å². The molecule has 0 aromatic rings. The first kappa shape index (κ1) is 9.57. The molecule has 1 aliphatic carbocycles. The molecule has 68 valence electrons. The van der Waals surface area contributed by atoms with Gasteiger partial charge in [0.15, 0.2) is 0 Å². The maximum absolute atomic E-state index is 9.56. The fourth-order valence-corrected chi connectivity index (χ4v) is 1.62. The van der Waals surface area contributed by atoms with E-state index in [1.165, 1.54) is 12.8 Å². The third-order valence-corrected chi connectivity index (χ3v) is 2.36. The van der Waals surface area contributed by atoms with E-state index in [1.807, 2.05) is 6.92 Å². The van der Waals surface area contributed by atoms with Gasteiger partial charge in [0.2, 0.25) is 0 Å². The molecule has 0 spiro atoms. The summed E-state index contributed by atoms with van der Waals surface area (Å²) in [6, 6.07) is 0.277. The van der Waals surface area contributed by atoms with Crippen LogP contribution in [0.1, 0.15) is 32.6 Å². The molecule has 0 saturated heterocycles. The molecule has 1 saturated carbocycles. The minimum absolute atomic E-state index is 0.155. The summed E-state index contributed by atoms with van der Waals surface area (Å²) in [4.78, 5) is 0. The highest BCUT2D eigenvalue weighted by Gasteiger charge is 2.21. The second-order valence-electron chi connectivity index (χ2n) is 3.27. The van der Waals surface area contributed by atoms with Crippen LogP contribution >= 0.6 is 0 Å². The monoisotopic (exact) mass is 167 g/mol. The molecule has 0 bridgehead atoms. The first-order valence-corrected chi connectivity index (χ1v) is 4.65. The van der Waals surface area contributed by atoms with Crippen LogP contribution in [0, 0.1) is 11.8 Å². The molecule has 1 fully saturated rings. The Kier molecular flexibility index (Phi) is 4.13. The Morgan fingerprint density at radius 3 is 2.83 bits per heavy atom. The zero-order valence-electron chi connectivity index (χ0n) is 7.64. The summed E-state index contributed by atoms with van der Waals surface area (Å²) in [5.74, 6) is 5.77. The van der Waals surface area contributed by atoms with Gasteiger partial charge >= 0.3 is 0 Å². The van der Waals surface area contributed by atoms with Crippen LogP contribution in [0.3, 0.4) is 0 Å². The van der Waals surface area contributed by atoms with Gasteiger partial charge in [0.05, 0.1) is 12.6 Å². The van der Waals surface area contributed by atoms with Crippen molar-refractivity contribution in [2.75, 3.05) is 6.54 Å². The SMILES string of the molecule is CC#CCN[C@H]1CCCC[C@@H]1O. The van der Waals surface area contributed by atoms with Crippen LogP contribution in [0.4, 0.5) is 0 Å². The summed E-state index contributed by atoms with van der Waals surface area (Å²) in [6.07, 6.45) is 4.27. The van der Waals surface area contributed by atoms with Crippen molar-refractivity contribution in [3.63, 3.8) is 0 Å². The molecule has 1 rings (SSSR count). The van der Waals surface area contributed by atoms with Gasteiger partial charge in [-0.25, -0.2) is 0 Å². The lowest BCUT2D eigenvalue weighted by atomic mass is 9.93. The molecule has 0 aliphatic heterocycles. The van der Waals surface area contributed by atoms with Crippen LogP contribution in [-0.2, 0) is 0 Å². The Hall–Kier alpha value is -0.520. The molecule has 0 radical (unpaired) electrons. The number of nitrogens with one attached hydrogen (secondary N) is 1. The summed E-state index contributed by atoms with van der Waals surface area (Å²) in [7, 11) is 0. The fourth-order valence-electron chi connectivity index (χ4n) is 1.62. The molecule has 0 heterocycles. The molecule has 0 amide bonds. The number of rotatable bonds is 2. The lowest BCUT2D eigenvalue weighted by Crippen LogP contribution is -2.42. The third kappa shape index (κ3) is 2.84. The molecule has 12 heavy (non-hydrogen) atoms. The highest BCUT2D eigenvalue weighted by molar-refractivity contribution is 4.98. The van der Waals surface area contributed by atoms with Crippen molar-refractivity contribution in [3.05, 3.63) is 0 Å². The summed E-state index contributed by atoms with van der Waals surface area (Å²) in [6.45, 7) is 2.54. The van der Waals surface area contributed by atoms with E-state index in [4.69, 9.17) is 0 Å². The van der Waals surface area contributed by atoms with E-state index >= 15 is 0 Å². The number of hydrogen-bond donors (Lipinski definition) is 2. The fraction of sp³-hybridized carbons (Fsp3) is 0.800. The molecule has 2 N–H and O–H groups in total. The standard InChI is InChI=1S/C10H17NO/c1-2-3-8-11-9-6-4-5-7-10(9)12/h9-12H,4-8H2,1H3/t9-,10-/m0/s1. The zero-order valence-corrected chi connectivity index (χ0v) is 7.64. The lowest BCUT2D eigenvalue weighted by molar-refractivity contribution is 0.0931. The molecule has 0 aromatic heterocycles. The summed E-state index contributed by atoms with van der Waals surface area (Å²) >= 11 is 0. The summed E-state index contributed by atoms with van der Waals surface area (Å²) in [5, 5.41) is 12.8. The van der Waals surface area contributed by atoms with Crippen LogP contribution in [0.25, 0.3) is 0 Å². The topological polar surface area (TPSA) is 32.3 Å². The van der Waals surface area contributed by atoms with Crippen molar-refractivity contribution < 1.29 is 5.11 Å². The molecular formula is C10H17NO. The second-order valence-corrected chi connectivity index (χ2v) is 3.27. The van der Waals surface area contributed by atoms with Crippen LogP contribution < -0.4 is 5.32 Å². The molecule has 2 atom stereocenters. The van der Waals surface area contributed by atoms with Crippen LogP contribution in [0.15, 0.2) is 0 Å². The van der Waals surface area contributed by atoms with Gasteiger partial charge in [-0.3, -0.25) is 0 Å². The maximum atomic E-state index is 9.56. The smallest absolute Gasteiger partial charge is 0.0693 e. The largest absolute Gasteiger partial charge is 0.392 e. The summed E-state index contributed by atoms with van der Waals surface area (Å²) in [5.41, 5.74) is 0. The molecule has 0 unspecified atom stereocenters. The van der Waals surface area contributed by atoms with Gasteiger partial charge in [-0.05, 0) is 19.8 Å². The van der Waals surface area contributed by atoms with Gasteiger partial charge in [-0.1, -0.05) is 18.8 Å². The highest BCUT2D eigenvalue weighted by Crippen LogP contribution is 2.17. The Morgan fingerprint density at radius 2 is 2.17 bits per heavy atom. The Morgan fingerprint density at radius 1 is 1.42 bits per heavy atom. The molecular weight excluding hydrogens is 150 g/mol. The van der Waals surface area contributed by atoms with Gasteiger partial charge < -0.3 is 10.4 Å². The Bertz CT molecular complexity index is 180. The Balaban J connectivity index is 2.23. The van der Waals surface area contributed by atoms with Gasteiger partial charge in [-0.2, -0.15) is 0 Å². The van der Waals surface area contributed by atoms with Gasteiger partial charge in [-0.15, -0.1) is 5.92 Å². The number of hydrogen-bond acceptors (Lipinski definition) is 2. The van der Waals surface area contributed by atoms with Crippen molar-refractivity contribution in [2.24, 2.45) is 0 Å². The summed E-state index contributed by atoms with van der Waals surface area (Å²) < 4.78 is 0. The van der Waals surface area contributed by atoms with Crippen molar-refractivity contribution in [2.45, 2.75) is 44.8 Å². The quantitative estimate of drug-likeness (QED) is 0.599. The van der Waals surface area contributed by atoms with Crippen molar-refractivity contribution in [3.8, 4) is 11.8 Å². The second kappa shape index (κ2) is 5.18. The van der Waals surface area contributed by atoms with Gasteiger partial charge in [0, 0.05) is 6.04 Å². The maximum Gasteiger partial charge on any atom is 0.0693 e. The zero-order chi connectivity index (χ0) is 8.81. The average Bonchev–Trinajstić information content (AvgIpc) is 2.09. The molecule has 2 nitrogen and oxygen atoms in total.